The summed E-state index contributed by atoms with van der Waals surface area (Å²) in [6.45, 7) is 0. The summed E-state index contributed by atoms with van der Waals surface area (Å²) in [5.41, 5.74) is 0.754. The molecule has 3 aromatic rings. The standard InChI is InChI=1S/C22H19Cl2N5O3S2/c1-25-18-10-17-15(9-16(18)24)20(30)29(22(32)27-17)13-7-5-12(6-8-13)26-21(31)28-34-19-4-2-3-14(11-23)33-19/h3-10,25H,2,11H2,1H3,(H,27,32)(H2,26,28,31). The monoisotopic (exact) mass is 535 g/mol. The molecular weight excluding hydrogens is 517 g/mol. The number of thioether (sulfide) groups is 1. The lowest BCUT2D eigenvalue weighted by molar-refractivity contribution is 0.257. The predicted octanol–water partition coefficient (Wildman–Crippen LogP) is 5.24. The van der Waals surface area contributed by atoms with Gasteiger partial charge in [0.05, 0.1) is 37.4 Å². The number of aromatic amines is 1. The molecule has 0 unspecified atom stereocenters. The van der Waals surface area contributed by atoms with E-state index in [-0.39, 0.29) is 5.39 Å². The van der Waals surface area contributed by atoms with E-state index in [0.29, 0.717) is 33.5 Å². The maximum atomic E-state index is 13.0. The van der Waals surface area contributed by atoms with Gasteiger partial charge in [0.2, 0.25) is 0 Å². The second-order valence-corrected chi connectivity index (χ2v) is 10.0. The van der Waals surface area contributed by atoms with Crippen molar-refractivity contribution in [3.8, 4) is 5.69 Å². The second-order valence-electron chi connectivity index (χ2n) is 7.07. The van der Waals surface area contributed by atoms with Crippen LogP contribution in [0.2, 0.25) is 5.02 Å². The van der Waals surface area contributed by atoms with Crippen LogP contribution in [0.15, 0.2) is 67.3 Å². The van der Waals surface area contributed by atoms with Crippen LogP contribution in [0.1, 0.15) is 6.42 Å². The molecule has 0 saturated heterocycles. The fourth-order valence-corrected chi connectivity index (χ4v) is 5.49. The van der Waals surface area contributed by atoms with Crippen LogP contribution in [0.4, 0.5) is 16.2 Å². The van der Waals surface area contributed by atoms with Crippen molar-refractivity contribution in [2.45, 2.75) is 6.42 Å². The number of carbonyl (C=O) groups excluding carboxylic acids is 1. The van der Waals surface area contributed by atoms with Gasteiger partial charge in [-0.15, -0.1) is 11.6 Å². The van der Waals surface area contributed by atoms with E-state index in [4.69, 9.17) is 23.2 Å². The van der Waals surface area contributed by atoms with Gasteiger partial charge in [0.1, 0.15) is 0 Å². The molecule has 2 heterocycles. The molecule has 1 aromatic heterocycles. The predicted molar refractivity (Wildman–Crippen MR) is 144 cm³/mol. The van der Waals surface area contributed by atoms with Gasteiger partial charge in [-0.1, -0.05) is 35.5 Å². The molecule has 1 aliphatic heterocycles. The van der Waals surface area contributed by atoms with Gasteiger partial charge in [0, 0.05) is 17.6 Å². The third-order valence-corrected chi connectivity index (χ3v) is 7.73. The van der Waals surface area contributed by atoms with Crippen LogP contribution in [0.3, 0.4) is 0 Å². The number of amides is 2. The zero-order valence-corrected chi connectivity index (χ0v) is 20.9. The number of aromatic nitrogens is 2. The van der Waals surface area contributed by atoms with E-state index in [1.165, 1.54) is 29.8 Å². The van der Waals surface area contributed by atoms with E-state index < -0.39 is 17.3 Å². The van der Waals surface area contributed by atoms with Crippen LogP contribution >= 0.6 is 46.9 Å². The summed E-state index contributed by atoms with van der Waals surface area (Å²) in [7, 11) is 1.70. The average molecular weight is 536 g/mol. The molecule has 1 aliphatic rings. The van der Waals surface area contributed by atoms with E-state index in [1.807, 2.05) is 12.2 Å². The van der Waals surface area contributed by atoms with E-state index in [9.17, 15) is 14.4 Å². The summed E-state index contributed by atoms with van der Waals surface area (Å²) in [6.07, 6.45) is 4.83. The van der Waals surface area contributed by atoms with Gasteiger partial charge in [-0.2, -0.15) is 0 Å². The molecule has 12 heteroatoms. The molecule has 0 bridgehead atoms. The lowest BCUT2D eigenvalue weighted by atomic mass is 10.2. The molecular formula is C22H19Cl2N5O3S2. The van der Waals surface area contributed by atoms with E-state index in [1.54, 1.807) is 37.4 Å². The molecule has 176 valence electrons. The maximum absolute atomic E-state index is 13.0. The zero-order valence-electron chi connectivity index (χ0n) is 17.8. The minimum atomic E-state index is -0.583. The number of rotatable bonds is 6. The van der Waals surface area contributed by atoms with Crippen LogP contribution in [-0.4, -0.2) is 28.5 Å². The molecule has 0 spiro atoms. The molecule has 34 heavy (non-hydrogen) atoms. The summed E-state index contributed by atoms with van der Waals surface area (Å²) in [6, 6.07) is 9.09. The van der Waals surface area contributed by atoms with Crippen LogP contribution in [-0.2, 0) is 0 Å². The minimum absolute atomic E-state index is 0.282. The maximum Gasteiger partial charge on any atom is 0.333 e. The summed E-state index contributed by atoms with van der Waals surface area (Å²) >= 11 is 14.8. The zero-order chi connectivity index (χ0) is 24.2. The number of anilines is 2. The fourth-order valence-electron chi connectivity index (χ4n) is 3.25. The highest BCUT2D eigenvalue weighted by atomic mass is 35.5. The van der Waals surface area contributed by atoms with Gasteiger partial charge in [-0.25, -0.2) is 14.2 Å². The highest BCUT2D eigenvalue weighted by molar-refractivity contribution is 8.23. The molecule has 4 rings (SSSR count). The van der Waals surface area contributed by atoms with Crippen molar-refractivity contribution >= 4 is 75.2 Å². The Morgan fingerprint density at radius 3 is 2.68 bits per heavy atom. The van der Waals surface area contributed by atoms with Crippen LogP contribution in [0.25, 0.3) is 16.6 Å². The van der Waals surface area contributed by atoms with Crippen molar-refractivity contribution in [1.29, 1.82) is 0 Å². The molecule has 8 nitrogen and oxygen atoms in total. The first-order valence-corrected chi connectivity index (χ1v) is 12.6. The van der Waals surface area contributed by atoms with Crippen molar-refractivity contribution in [2.75, 3.05) is 23.6 Å². The van der Waals surface area contributed by atoms with Gasteiger partial charge >= 0.3 is 11.7 Å². The molecule has 2 aromatic carbocycles. The fraction of sp³-hybridized carbons (Fsp3) is 0.136. The lowest BCUT2D eigenvalue weighted by Gasteiger charge is -2.13. The topological polar surface area (TPSA) is 108 Å². The Balaban J connectivity index is 1.48. The summed E-state index contributed by atoms with van der Waals surface area (Å²) in [5.74, 6) is 0.439. The Morgan fingerprint density at radius 2 is 1.97 bits per heavy atom. The lowest BCUT2D eigenvalue weighted by Crippen LogP contribution is -2.33. The van der Waals surface area contributed by atoms with E-state index >= 15 is 0 Å². The first-order valence-electron chi connectivity index (χ1n) is 10.0. The Hall–Kier alpha value is -2.79. The molecule has 0 saturated carbocycles. The van der Waals surface area contributed by atoms with Crippen molar-refractivity contribution < 1.29 is 4.79 Å². The third kappa shape index (κ3) is 5.30. The number of urea groups is 1. The number of benzene rings is 2. The van der Waals surface area contributed by atoms with Crippen LogP contribution in [0, 0.1) is 0 Å². The van der Waals surface area contributed by atoms with Crippen molar-refractivity contribution in [3.05, 3.63) is 83.6 Å². The highest BCUT2D eigenvalue weighted by Gasteiger charge is 2.13. The minimum Gasteiger partial charge on any atom is -0.387 e. The first kappa shape index (κ1) is 24.3. The number of hydrogen-bond donors (Lipinski definition) is 4. The van der Waals surface area contributed by atoms with Crippen molar-refractivity contribution in [3.63, 3.8) is 0 Å². The number of carbonyl (C=O) groups is 1. The normalized spacial score (nSPS) is 13.3. The van der Waals surface area contributed by atoms with Crippen LogP contribution < -0.4 is 26.6 Å². The summed E-state index contributed by atoms with van der Waals surface area (Å²) in [5, 5.41) is 6.28. The molecule has 0 atom stereocenters. The largest absolute Gasteiger partial charge is 0.387 e. The molecule has 0 fully saturated rings. The smallest absolute Gasteiger partial charge is 0.333 e. The van der Waals surface area contributed by atoms with Gasteiger partial charge in [0.25, 0.3) is 5.56 Å². The average Bonchev–Trinajstić information content (AvgIpc) is 2.84. The molecule has 4 N–H and O–H groups in total. The number of nitrogens with zero attached hydrogens (tertiary/aromatic N) is 1. The van der Waals surface area contributed by atoms with Crippen molar-refractivity contribution in [2.24, 2.45) is 0 Å². The van der Waals surface area contributed by atoms with E-state index in [2.05, 4.69) is 20.3 Å². The summed E-state index contributed by atoms with van der Waals surface area (Å²) < 4.78 is 4.69. The van der Waals surface area contributed by atoms with Crippen molar-refractivity contribution in [1.82, 2.24) is 14.3 Å². The Morgan fingerprint density at radius 1 is 1.21 bits per heavy atom. The molecule has 0 aliphatic carbocycles. The number of hydrogen-bond acceptors (Lipinski definition) is 6. The Labute approximate surface area is 212 Å². The number of halogens is 2. The summed E-state index contributed by atoms with van der Waals surface area (Å²) in [4.78, 5) is 41.7. The van der Waals surface area contributed by atoms with Gasteiger partial charge in [0.15, 0.2) is 0 Å². The van der Waals surface area contributed by atoms with E-state index in [0.717, 1.165) is 20.1 Å². The Bertz CT molecular complexity index is 1430. The quantitative estimate of drug-likeness (QED) is 0.253. The number of alkyl halides is 1. The van der Waals surface area contributed by atoms with Gasteiger partial charge < -0.3 is 15.6 Å². The third-order valence-electron chi connectivity index (χ3n) is 4.88. The SMILES string of the molecule is CNc1cc2[nH]c(=O)n(-c3ccc(NC(=O)NSC4=CCC=C(CCl)S4)cc3)c(=O)c2cc1Cl. The van der Waals surface area contributed by atoms with Gasteiger partial charge in [-0.05, 0) is 54.8 Å². The Kier molecular flexibility index (Phi) is 7.62. The number of nitrogens with one attached hydrogen (secondary N) is 4. The second kappa shape index (κ2) is 10.6. The number of fused-ring (bicyclic) bond motifs is 1. The molecule has 2 amide bonds. The van der Waals surface area contributed by atoms with Crippen LogP contribution in [0.5, 0.6) is 0 Å². The first-order chi connectivity index (χ1) is 16.4. The molecule has 0 radical (unpaired) electrons. The van der Waals surface area contributed by atoms with Gasteiger partial charge in [-0.3, -0.25) is 9.52 Å². The number of H-pyrrole nitrogens is 1. The highest BCUT2D eigenvalue weighted by Crippen LogP contribution is 2.37. The number of allylic oxidation sites excluding steroid dienone is 3.